The minimum Gasteiger partial charge on any atom is -0.491 e. The van der Waals surface area contributed by atoms with Crippen molar-refractivity contribution < 1.29 is 19.1 Å². The largest absolute Gasteiger partial charge is 0.491 e. The second-order valence-electron chi connectivity index (χ2n) is 6.56. The highest BCUT2D eigenvalue weighted by Gasteiger charge is 2.33. The van der Waals surface area contributed by atoms with Crippen LogP contribution in [0.1, 0.15) is 32.3 Å². The predicted octanol–water partition coefficient (Wildman–Crippen LogP) is 2.65. The Kier molecular flexibility index (Phi) is 5.00. The lowest BCUT2D eigenvalue weighted by atomic mass is 9.99. The molecule has 24 heavy (non-hydrogen) atoms. The zero-order valence-electron chi connectivity index (χ0n) is 14.2. The lowest BCUT2D eigenvalue weighted by Gasteiger charge is -2.26. The first-order valence-electron chi connectivity index (χ1n) is 8.47. The molecule has 2 heterocycles. The summed E-state index contributed by atoms with van der Waals surface area (Å²) in [5.41, 5.74) is 1.17. The van der Waals surface area contributed by atoms with E-state index in [9.17, 15) is 9.59 Å². The molecule has 5 heteroatoms. The van der Waals surface area contributed by atoms with E-state index in [1.807, 2.05) is 38.1 Å². The number of benzene rings is 1. The fourth-order valence-electron chi connectivity index (χ4n) is 3.08. The van der Waals surface area contributed by atoms with Gasteiger partial charge in [0.1, 0.15) is 5.75 Å². The minimum absolute atomic E-state index is 0.0557. The Hall–Kier alpha value is -2.14. The Morgan fingerprint density at radius 1 is 1.25 bits per heavy atom. The van der Waals surface area contributed by atoms with Crippen LogP contribution in [-0.4, -0.2) is 42.6 Å². The molecule has 0 spiro atoms. The maximum Gasteiger partial charge on any atom is 0.261 e. The molecular formula is C19H23NO4. The van der Waals surface area contributed by atoms with Gasteiger partial charge < -0.3 is 9.47 Å². The van der Waals surface area contributed by atoms with Crippen molar-refractivity contribution in [3.05, 3.63) is 35.9 Å². The van der Waals surface area contributed by atoms with E-state index >= 15 is 0 Å². The number of amides is 2. The summed E-state index contributed by atoms with van der Waals surface area (Å²) in [6.45, 7) is 5.78. The smallest absolute Gasteiger partial charge is 0.261 e. The van der Waals surface area contributed by atoms with Crippen LogP contribution in [0, 0.1) is 5.92 Å². The van der Waals surface area contributed by atoms with Crippen LogP contribution < -0.4 is 4.74 Å². The number of nitrogens with zero attached hydrogens (tertiary/aromatic N) is 1. The van der Waals surface area contributed by atoms with Crippen LogP contribution in [-0.2, 0) is 14.3 Å². The Morgan fingerprint density at radius 3 is 2.71 bits per heavy atom. The SMILES string of the molecule is CC(C)Oc1cccc(C2=CC(=O)N(CC3CCOCC3)C2=O)c1. The topological polar surface area (TPSA) is 55.8 Å². The molecule has 0 bridgehead atoms. The molecule has 0 radical (unpaired) electrons. The molecule has 2 aliphatic heterocycles. The zero-order valence-corrected chi connectivity index (χ0v) is 14.2. The van der Waals surface area contributed by atoms with Gasteiger partial charge in [0.05, 0.1) is 11.7 Å². The van der Waals surface area contributed by atoms with Gasteiger partial charge in [-0.05, 0) is 50.3 Å². The van der Waals surface area contributed by atoms with Gasteiger partial charge in [-0.1, -0.05) is 12.1 Å². The van der Waals surface area contributed by atoms with E-state index in [2.05, 4.69) is 0 Å². The van der Waals surface area contributed by atoms with E-state index in [1.54, 1.807) is 0 Å². The summed E-state index contributed by atoms with van der Waals surface area (Å²) in [7, 11) is 0. The molecule has 2 amide bonds. The highest BCUT2D eigenvalue weighted by molar-refractivity contribution is 6.33. The first kappa shape index (κ1) is 16.7. The van der Waals surface area contributed by atoms with Gasteiger partial charge in [0, 0.05) is 25.8 Å². The summed E-state index contributed by atoms with van der Waals surface area (Å²) in [6, 6.07) is 7.34. The summed E-state index contributed by atoms with van der Waals surface area (Å²) < 4.78 is 11.0. The molecule has 1 aromatic carbocycles. The molecule has 0 aromatic heterocycles. The molecule has 1 aromatic rings. The van der Waals surface area contributed by atoms with E-state index in [0.717, 1.165) is 18.4 Å². The summed E-state index contributed by atoms with van der Waals surface area (Å²) in [5, 5.41) is 0. The average molecular weight is 329 g/mol. The monoisotopic (exact) mass is 329 g/mol. The Bertz CT molecular complexity index is 659. The number of hydrogen-bond acceptors (Lipinski definition) is 4. The second-order valence-corrected chi connectivity index (χ2v) is 6.56. The zero-order chi connectivity index (χ0) is 17.1. The van der Waals surface area contributed by atoms with E-state index in [0.29, 0.717) is 37.0 Å². The minimum atomic E-state index is -0.225. The quantitative estimate of drug-likeness (QED) is 0.779. The molecule has 2 aliphatic rings. The fraction of sp³-hybridized carbons (Fsp3) is 0.474. The van der Waals surface area contributed by atoms with E-state index < -0.39 is 0 Å². The molecule has 5 nitrogen and oxygen atoms in total. The van der Waals surface area contributed by atoms with Crippen LogP contribution >= 0.6 is 0 Å². The Balaban J connectivity index is 1.74. The maximum absolute atomic E-state index is 12.7. The van der Waals surface area contributed by atoms with Crippen molar-refractivity contribution in [1.82, 2.24) is 4.90 Å². The van der Waals surface area contributed by atoms with Gasteiger partial charge >= 0.3 is 0 Å². The molecule has 1 saturated heterocycles. The summed E-state index contributed by atoms with van der Waals surface area (Å²) in [6.07, 6.45) is 3.28. The van der Waals surface area contributed by atoms with Gasteiger partial charge in [-0.25, -0.2) is 0 Å². The summed E-state index contributed by atoms with van der Waals surface area (Å²) in [5.74, 6) is 0.589. The van der Waals surface area contributed by atoms with Crippen LogP contribution in [0.25, 0.3) is 5.57 Å². The molecule has 128 valence electrons. The van der Waals surface area contributed by atoms with Crippen LogP contribution in [0.15, 0.2) is 30.3 Å². The van der Waals surface area contributed by atoms with Gasteiger partial charge in [0.2, 0.25) is 0 Å². The molecular weight excluding hydrogens is 306 g/mol. The number of carbonyl (C=O) groups excluding carboxylic acids is 2. The molecule has 0 N–H and O–H groups in total. The second kappa shape index (κ2) is 7.18. The number of carbonyl (C=O) groups is 2. The first-order valence-corrected chi connectivity index (χ1v) is 8.47. The van der Waals surface area contributed by atoms with Gasteiger partial charge in [-0.15, -0.1) is 0 Å². The Labute approximate surface area is 142 Å². The van der Waals surface area contributed by atoms with Crippen LogP contribution in [0.5, 0.6) is 5.75 Å². The molecule has 0 saturated carbocycles. The molecule has 3 rings (SSSR count). The van der Waals surface area contributed by atoms with Gasteiger partial charge in [0.15, 0.2) is 0 Å². The normalized spacial score (nSPS) is 19.1. The first-order chi connectivity index (χ1) is 11.5. The van der Waals surface area contributed by atoms with Crippen molar-refractivity contribution in [2.45, 2.75) is 32.8 Å². The van der Waals surface area contributed by atoms with Gasteiger partial charge in [-0.2, -0.15) is 0 Å². The van der Waals surface area contributed by atoms with Crippen molar-refractivity contribution in [2.24, 2.45) is 5.92 Å². The highest BCUT2D eigenvalue weighted by atomic mass is 16.5. The van der Waals surface area contributed by atoms with Crippen LogP contribution in [0.2, 0.25) is 0 Å². The molecule has 0 atom stereocenters. The third kappa shape index (κ3) is 3.67. The van der Waals surface area contributed by atoms with E-state index in [1.165, 1.54) is 11.0 Å². The third-order valence-corrected chi connectivity index (χ3v) is 4.31. The van der Waals surface area contributed by atoms with Crippen LogP contribution in [0.3, 0.4) is 0 Å². The maximum atomic E-state index is 12.7. The summed E-state index contributed by atoms with van der Waals surface area (Å²) >= 11 is 0. The van der Waals surface area contributed by atoms with Crippen molar-refractivity contribution in [2.75, 3.05) is 19.8 Å². The number of rotatable bonds is 5. The molecule has 1 fully saturated rings. The van der Waals surface area contributed by atoms with Crippen molar-refractivity contribution in [3.63, 3.8) is 0 Å². The number of ether oxygens (including phenoxy) is 2. The van der Waals surface area contributed by atoms with Gasteiger partial charge in [-0.3, -0.25) is 14.5 Å². The third-order valence-electron chi connectivity index (χ3n) is 4.31. The van der Waals surface area contributed by atoms with Crippen molar-refractivity contribution >= 4 is 17.4 Å². The van der Waals surface area contributed by atoms with Crippen LogP contribution in [0.4, 0.5) is 0 Å². The van der Waals surface area contributed by atoms with E-state index in [4.69, 9.17) is 9.47 Å². The number of hydrogen-bond donors (Lipinski definition) is 0. The average Bonchev–Trinajstić information content (AvgIpc) is 2.84. The highest BCUT2D eigenvalue weighted by Crippen LogP contribution is 2.28. The molecule has 0 aliphatic carbocycles. The predicted molar refractivity (Wildman–Crippen MR) is 90.4 cm³/mol. The fourth-order valence-corrected chi connectivity index (χ4v) is 3.08. The lowest BCUT2D eigenvalue weighted by molar-refractivity contribution is -0.137. The van der Waals surface area contributed by atoms with E-state index in [-0.39, 0.29) is 17.9 Å². The van der Waals surface area contributed by atoms with Gasteiger partial charge in [0.25, 0.3) is 11.8 Å². The Morgan fingerprint density at radius 2 is 2.00 bits per heavy atom. The van der Waals surface area contributed by atoms with Crippen molar-refractivity contribution in [3.8, 4) is 5.75 Å². The van der Waals surface area contributed by atoms with Crippen molar-refractivity contribution in [1.29, 1.82) is 0 Å². The molecule has 0 unspecified atom stereocenters. The number of imide groups is 1. The standard InChI is InChI=1S/C19H23NO4/c1-13(2)24-16-5-3-4-15(10-16)17-11-18(21)20(19(17)22)12-14-6-8-23-9-7-14/h3-5,10-11,13-14H,6-9,12H2,1-2H3. The summed E-state index contributed by atoms with van der Waals surface area (Å²) in [4.78, 5) is 26.3. The lowest BCUT2D eigenvalue weighted by Crippen LogP contribution is -2.37.